The van der Waals surface area contributed by atoms with Crippen molar-refractivity contribution in [3.05, 3.63) is 35.4 Å². The van der Waals surface area contributed by atoms with Gasteiger partial charge in [0, 0.05) is 6.04 Å². The van der Waals surface area contributed by atoms with Gasteiger partial charge < -0.3 is 10.4 Å². The molecular formula is C15H23NO. The summed E-state index contributed by atoms with van der Waals surface area (Å²) in [4.78, 5) is 0. The SMILES string of the molecule is CC(C)c1ccc(CC(O)C2CCCN2)cc1. The maximum atomic E-state index is 10.1. The molecule has 17 heavy (non-hydrogen) atoms. The molecule has 1 aliphatic heterocycles. The van der Waals surface area contributed by atoms with Crippen LogP contribution in [0.15, 0.2) is 24.3 Å². The molecule has 0 aromatic heterocycles. The average Bonchev–Trinajstić information content (AvgIpc) is 2.83. The van der Waals surface area contributed by atoms with Gasteiger partial charge >= 0.3 is 0 Å². The van der Waals surface area contributed by atoms with Crippen molar-refractivity contribution in [1.82, 2.24) is 5.32 Å². The molecule has 2 N–H and O–H groups in total. The molecule has 94 valence electrons. The topological polar surface area (TPSA) is 32.3 Å². The van der Waals surface area contributed by atoms with E-state index in [1.807, 2.05) is 0 Å². The van der Waals surface area contributed by atoms with Crippen molar-refractivity contribution in [2.45, 2.75) is 51.2 Å². The zero-order valence-electron chi connectivity index (χ0n) is 10.8. The fraction of sp³-hybridized carbons (Fsp3) is 0.600. The van der Waals surface area contributed by atoms with E-state index in [0.29, 0.717) is 12.0 Å². The second kappa shape index (κ2) is 5.65. The van der Waals surface area contributed by atoms with Crippen molar-refractivity contribution in [2.24, 2.45) is 0 Å². The Kier molecular flexibility index (Phi) is 4.19. The van der Waals surface area contributed by atoms with Crippen molar-refractivity contribution in [2.75, 3.05) is 6.54 Å². The van der Waals surface area contributed by atoms with E-state index in [-0.39, 0.29) is 6.10 Å². The largest absolute Gasteiger partial charge is 0.391 e. The van der Waals surface area contributed by atoms with Crippen molar-refractivity contribution in [3.8, 4) is 0 Å². The first kappa shape index (κ1) is 12.6. The lowest BCUT2D eigenvalue weighted by molar-refractivity contribution is 0.136. The van der Waals surface area contributed by atoms with Crippen LogP contribution in [0.25, 0.3) is 0 Å². The molecule has 0 radical (unpaired) electrons. The second-order valence-electron chi connectivity index (χ2n) is 5.37. The van der Waals surface area contributed by atoms with Gasteiger partial charge in [-0.1, -0.05) is 38.1 Å². The zero-order chi connectivity index (χ0) is 12.3. The van der Waals surface area contributed by atoms with Crippen LogP contribution in [0.2, 0.25) is 0 Å². The summed E-state index contributed by atoms with van der Waals surface area (Å²) in [5.41, 5.74) is 2.60. The summed E-state index contributed by atoms with van der Waals surface area (Å²) < 4.78 is 0. The summed E-state index contributed by atoms with van der Waals surface area (Å²) in [5, 5.41) is 13.5. The highest BCUT2D eigenvalue weighted by Gasteiger charge is 2.22. The maximum absolute atomic E-state index is 10.1. The lowest BCUT2D eigenvalue weighted by atomic mass is 9.97. The van der Waals surface area contributed by atoms with Crippen LogP contribution in [-0.4, -0.2) is 23.8 Å². The molecule has 1 heterocycles. The normalized spacial score (nSPS) is 22.0. The summed E-state index contributed by atoms with van der Waals surface area (Å²) in [5.74, 6) is 0.575. The van der Waals surface area contributed by atoms with E-state index in [2.05, 4.69) is 43.4 Å². The zero-order valence-corrected chi connectivity index (χ0v) is 10.8. The van der Waals surface area contributed by atoms with Crippen molar-refractivity contribution < 1.29 is 5.11 Å². The Morgan fingerprint density at radius 1 is 1.29 bits per heavy atom. The average molecular weight is 233 g/mol. The molecule has 1 saturated heterocycles. The predicted octanol–water partition coefficient (Wildman–Crippen LogP) is 2.47. The van der Waals surface area contributed by atoms with Gasteiger partial charge in [-0.15, -0.1) is 0 Å². The van der Waals surface area contributed by atoms with Gasteiger partial charge in [0.1, 0.15) is 0 Å². The summed E-state index contributed by atoms with van der Waals surface area (Å²) in [6.07, 6.45) is 2.80. The summed E-state index contributed by atoms with van der Waals surface area (Å²) in [6, 6.07) is 8.93. The molecule has 2 nitrogen and oxygen atoms in total. The third-order valence-corrected chi connectivity index (χ3v) is 3.65. The van der Waals surface area contributed by atoms with Gasteiger partial charge in [0.05, 0.1) is 6.10 Å². The van der Waals surface area contributed by atoms with Gasteiger partial charge in [0.15, 0.2) is 0 Å². The van der Waals surface area contributed by atoms with E-state index >= 15 is 0 Å². The van der Waals surface area contributed by atoms with Crippen LogP contribution in [0.5, 0.6) is 0 Å². The summed E-state index contributed by atoms with van der Waals surface area (Å²) >= 11 is 0. The first-order chi connectivity index (χ1) is 8.16. The van der Waals surface area contributed by atoms with Crippen LogP contribution in [0, 0.1) is 0 Å². The van der Waals surface area contributed by atoms with Gasteiger partial charge in [-0.3, -0.25) is 0 Å². The standard InChI is InChI=1S/C15H23NO/c1-11(2)13-7-5-12(6-8-13)10-15(17)14-4-3-9-16-14/h5-8,11,14-17H,3-4,9-10H2,1-2H3. The Morgan fingerprint density at radius 2 is 2.00 bits per heavy atom. The smallest absolute Gasteiger partial charge is 0.0733 e. The minimum absolute atomic E-state index is 0.248. The van der Waals surface area contributed by atoms with Gasteiger partial charge in [0.25, 0.3) is 0 Å². The third-order valence-electron chi connectivity index (χ3n) is 3.65. The van der Waals surface area contributed by atoms with E-state index in [0.717, 1.165) is 19.4 Å². The number of rotatable bonds is 4. The molecule has 1 aliphatic rings. The van der Waals surface area contributed by atoms with Crippen LogP contribution in [0.1, 0.15) is 43.7 Å². The second-order valence-corrected chi connectivity index (χ2v) is 5.37. The Hall–Kier alpha value is -0.860. The highest BCUT2D eigenvalue weighted by molar-refractivity contribution is 5.25. The van der Waals surface area contributed by atoms with Crippen LogP contribution < -0.4 is 5.32 Å². The van der Waals surface area contributed by atoms with E-state index in [1.54, 1.807) is 0 Å². The molecule has 0 spiro atoms. The lowest BCUT2D eigenvalue weighted by Gasteiger charge is -2.18. The molecule has 2 atom stereocenters. The van der Waals surface area contributed by atoms with Crippen LogP contribution in [0.4, 0.5) is 0 Å². The molecule has 0 aliphatic carbocycles. The summed E-state index contributed by atoms with van der Waals surface area (Å²) in [6.45, 7) is 5.45. The molecule has 0 saturated carbocycles. The molecule has 1 fully saturated rings. The molecular weight excluding hydrogens is 210 g/mol. The maximum Gasteiger partial charge on any atom is 0.0733 e. The number of benzene rings is 1. The number of nitrogens with one attached hydrogen (secondary N) is 1. The van der Waals surface area contributed by atoms with Crippen LogP contribution in [0.3, 0.4) is 0 Å². The Labute approximate surface area is 104 Å². The number of aliphatic hydroxyl groups is 1. The molecule has 1 aromatic rings. The van der Waals surface area contributed by atoms with Crippen molar-refractivity contribution in [3.63, 3.8) is 0 Å². The van der Waals surface area contributed by atoms with Gasteiger partial charge in [-0.25, -0.2) is 0 Å². The van der Waals surface area contributed by atoms with E-state index in [1.165, 1.54) is 17.5 Å². The predicted molar refractivity (Wildman–Crippen MR) is 71.3 cm³/mol. The number of aliphatic hydroxyl groups excluding tert-OH is 1. The van der Waals surface area contributed by atoms with Crippen molar-refractivity contribution in [1.29, 1.82) is 0 Å². The fourth-order valence-electron chi connectivity index (χ4n) is 2.46. The molecule has 2 rings (SSSR count). The highest BCUT2D eigenvalue weighted by atomic mass is 16.3. The van der Waals surface area contributed by atoms with E-state index < -0.39 is 0 Å². The molecule has 1 aromatic carbocycles. The fourth-order valence-corrected chi connectivity index (χ4v) is 2.46. The quantitative estimate of drug-likeness (QED) is 0.837. The number of hydrogen-bond donors (Lipinski definition) is 2. The van der Waals surface area contributed by atoms with Crippen LogP contribution in [-0.2, 0) is 6.42 Å². The highest BCUT2D eigenvalue weighted by Crippen LogP contribution is 2.17. The first-order valence-corrected chi connectivity index (χ1v) is 6.67. The van der Waals surface area contributed by atoms with Crippen LogP contribution >= 0.6 is 0 Å². The van der Waals surface area contributed by atoms with Gasteiger partial charge in [0.2, 0.25) is 0 Å². The first-order valence-electron chi connectivity index (χ1n) is 6.67. The Balaban J connectivity index is 1.93. The minimum atomic E-state index is -0.248. The van der Waals surface area contributed by atoms with Crippen molar-refractivity contribution >= 4 is 0 Å². The lowest BCUT2D eigenvalue weighted by Crippen LogP contribution is -2.36. The molecule has 2 unspecified atom stereocenters. The van der Waals surface area contributed by atoms with E-state index in [9.17, 15) is 5.11 Å². The summed E-state index contributed by atoms with van der Waals surface area (Å²) in [7, 11) is 0. The monoisotopic (exact) mass is 233 g/mol. The molecule has 2 heteroatoms. The van der Waals surface area contributed by atoms with Gasteiger partial charge in [-0.2, -0.15) is 0 Å². The third kappa shape index (κ3) is 3.30. The minimum Gasteiger partial charge on any atom is -0.391 e. The van der Waals surface area contributed by atoms with Gasteiger partial charge in [-0.05, 0) is 42.9 Å². The molecule has 0 amide bonds. The van der Waals surface area contributed by atoms with E-state index in [4.69, 9.17) is 0 Å². The number of hydrogen-bond acceptors (Lipinski definition) is 2. The Morgan fingerprint density at radius 3 is 2.53 bits per heavy atom. The Bertz CT molecular complexity index is 338. The molecule has 0 bridgehead atoms.